The van der Waals surface area contributed by atoms with Gasteiger partial charge in [-0.15, -0.1) is 0 Å². The second-order valence-corrected chi connectivity index (χ2v) is 3.14. The number of imidazole rings is 1. The second-order valence-electron chi connectivity index (χ2n) is 2.73. The van der Waals surface area contributed by atoms with Gasteiger partial charge in [0.25, 0.3) is 0 Å². The molecule has 0 saturated carbocycles. The summed E-state index contributed by atoms with van der Waals surface area (Å²) in [5, 5.41) is 0. The SMILES string of the molecule is [S]CCCn1cnc2cncnc21. The molecule has 0 bridgehead atoms. The normalized spacial score (nSPS) is 10.8. The monoisotopic (exact) mass is 193 g/mol. The molecule has 2 rings (SSSR count). The zero-order chi connectivity index (χ0) is 9.10. The van der Waals surface area contributed by atoms with E-state index in [0.717, 1.165) is 29.9 Å². The van der Waals surface area contributed by atoms with Crippen LogP contribution < -0.4 is 0 Å². The molecule has 0 N–H and O–H groups in total. The maximum absolute atomic E-state index is 4.88. The van der Waals surface area contributed by atoms with E-state index in [1.807, 2.05) is 4.57 Å². The van der Waals surface area contributed by atoms with Gasteiger partial charge in [-0.2, -0.15) is 0 Å². The van der Waals surface area contributed by atoms with Gasteiger partial charge >= 0.3 is 0 Å². The quantitative estimate of drug-likeness (QED) is 0.740. The Morgan fingerprint density at radius 1 is 1.38 bits per heavy atom. The molecule has 0 amide bonds. The number of nitrogens with zero attached hydrogens (tertiary/aromatic N) is 4. The molecular weight excluding hydrogens is 184 g/mol. The number of aromatic nitrogens is 4. The van der Waals surface area contributed by atoms with Gasteiger partial charge in [0.15, 0.2) is 5.65 Å². The van der Waals surface area contributed by atoms with Crippen LogP contribution in [-0.4, -0.2) is 25.3 Å². The maximum atomic E-state index is 4.88. The van der Waals surface area contributed by atoms with Crippen LogP contribution in [0.5, 0.6) is 0 Å². The lowest BCUT2D eigenvalue weighted by atomic mass is 10.4. The van der Waals surface area contributed by atoms with Crippen LogP contribution in [0.2, 0.25) is 0 Å². The average Bonchev–Trinajstić information content (AvgIpc) is 2.58. The summed E-state index contributed by atoms with van der Waals surface area (Å²) in [5.74, 6) is 0.769. The highest BCUT2D eigenvalue weighted by atomic mass is 32.1. The standard InChI is InChI=1S/C8H9N4S/c13-3-1-2-12-6-11-7-4-9-5-10-8(7)12/h4-6H,1-3H2. The number of hydrogen-bond donors (Lipinski definition) is 0. The molecule has 0 aromatic carbocycles. The van der Waals surface area contributed by atoms with Crippen LogP contribution in [0.15, 0.2) is 18.9 Å². The zero-order valence-corrected chi connectivity index (χ0v) is 7.87. The first-order valence-corrected chi connectivity index (χ1v) is 4.68. The topological polar surface area (TPSA) is 43.6 Å². The molecule has 0 aliphatic heterocycles. The molecule has 0 atom stereocenters. The van der Waals surface area contributed by atoms with Crippen LogP contribution in [0.3, 0.4) is 0 Å². The summed E-state index contributed by atoms with van der Waals surface area (Å²) in [6.45, 7) is 0.886. The van der Waals surface area contributed by atoms with Crippen molar-refractivity contribution in [2.24, 2.45) is 0 Å². The molecule has 5 heteroatoms. The summed E-state index contributed by atoms with van der Waals surface area (Å²) in [7, 11) is 0. The molecule has 0 aliphatic rings. The summed E-state index contributed by atoms with van der Waals surface area (Å²) >= 11 is 4.88. The number of aryl methyl sites for hydroxylation is 1. The number of rotatable bonds is 3. The Hall–Kier alpha value is -1.10. The van der Waals surface area contributed by atoms with Gasteiger partial charge in [0.1, 0.15) is 11.8 Å². The molecule has 0 unspecified atom stereocenters. The van der Waals surface area contributed by atoms with Crippen molar-refractivity contribution in [1.82, 2.24) is 19.5 Å². The molecule has 13 heavy (non-hydrogen) atoms. The first-order valence-electron chi connectivity index (χ1n) is 4.11. The highest BCUT2D eigenvalue weighted by Gasteiger charge is 2.01. The minimum atomic E-state index is 0.769. The number of fused-ring (bicyclic) bond motifs is 1. The van der Waals surface area contributed by atoms with Crippen molar-refractivity contribution in [2.75, 3.05) is 5.75 Å². The van der Waals surface area contributed by atoms with Crippen LogP contribution in [0, 0.1) is 0 Å². The van der Waals surface area contributed by atoms with Crippen LogP contribution in [-0.2, 0) is 6.54 Å². The van der Waals surface area contributed by atoms with Crippen molar-refractivity contribution in [2.45, 2.75) is 13.0 Å². The molecule has 67 valence electrons. The first-order chi connectivity index (χ1) is 6.42. The fourth-order valence-electron chi connectivity index (χ4n) is 1.21. The summed E-state index contributed by atoms with van der Waals surface area (Å²) in [4.78, 5) is 12.2. The van der Waals surface area contributed by atoms with E-state index in [2.05, 4.69) is 15.0 Å². The van der Waals surface area contributed by atoms with Crippen molar-refractivity contribution < 1.29 is 0 Å². The van der Waals surface area contributed by atoms with Gasteiger partial charge in [-0.3, -0.25) is 0 Å². The molecule has 2 aromatic rings. The molecule has 1 radical (unpaired) electrons. The third-order valence-electron chi connectivity index (χ3n) is 1.82. The van der Waals surface area contributed by atoms with Gasteiger partial charge in [-0.1, -0.05) is 12.6 Å². The summed E-state index contributed by atoms with van der Waals surface area (Å²) in [5.41, 5.74) is 1.73. The third-order valence-corrected chi connectivity index (χ3v) is 2.11. The molecule has 0 fully saturated rings. The van der Waals surface area contributed by atoms with Gasteiger partial charge in [0.05, 0.1) is 12.5 Å². The highest BCUT2D eigenvalue weighted by molar-refractivity contribution is 7.80. The van der Waals surface area contributed by atoms with E-state index in [1.54, 1.807) is 12.5 Å². The van der Waals surface area contributed by atoms with Crippen molar-refractivity contribution >= 4 is 23.8 Å². The summed E-state index contributed by atoms with van der Waals surface area (Å²) < 4.78 is 2.00. The van der Waals surface area contributed by atoms with Crippen molar-refractivity contribution in [3.05, 3.63) is 18.9 Å². The largest absolute Gasteiger partial charge is 0.315 e. The number of hydrogen-bond acceptors (Lipinski definition) is 3. The smallest absolute Gasteiger partial charge is 0.163 e. The van der Waals surface area contributed by atoms with Gasteiger partial charge in [-0.05, 0) is 6.42 Å². The molecule has 4 nitrogen and oxygen atoms in total. The van der Waals surface area contributed by atoms with E-state index in [4.69, 9.17) is 12.6 Å². The van der Waals surface area contributed by atoms with Crippen molar-refractivity contribution in [3.63, 3.8) is 0 Å². The van der Waals surface area contributed by atoms with E-state index < -0.39 is 0 Å². The lowest BCUT2D eigenvalue weighted by molar-refractivity contribution is 0.697. The Bertz CT molecular complexity index is 398. The molecule has 0 spiro atoms. The van der Waals surface area contributed by atoms with E-state index in [1.165, 1.54) is 6.33 Å². The Kier molecular flexibility index (Phi) is 2.44. The predicted molar refractivity (Wildman–Crippen MR) is 52.4 cm³/mol. The van der Waals surface area contributed by atoms with E-state index in [-0.39, 0.29) is 0 Å². The molecular formula is C8H9N4S. The second kappa shape index (κ2) is 3.74. The Labute approximate surface area is 81.4 Å². The van der Waals surface area contributed by atoms with Crippen LogP contribution >= 0.6 is 12.6 Å². The lowest BCUT2D eigenvalue weighted by Crippen LogP contribution is -1.97. The fourth-order valence-corrected chi connectivity index (χ4v) is 1.34. The summed E-state index contributed by atoms with van der Waals surface area (Å²) in [6.07, 6.45) is 6.01. The van der Waals surface area contributed by atoms with Gasteiger partial charge in [0, 0.05) is 12.3 Å². The van der Waals surface area contributed by atoms with E-state index >= 15 is 0 Å². The zero-order valence-electron chi connectivity index (χ0n) is 7.05. The first kappa shape index (κ1) is 8.50. The van der Waals surface area contributed by atoms with Crippen molar-refractivity contribution in [3.8, 4) is 0 Å². The highest BCUT2D eigenvalue weighted by Crippen LogP contribution is 2.07. The fraction of sp³-hybridized carbons (Fsp3) is 0.375. The van der Waals surface area contributed by atoms with E-state index in [0.29, 0.717) is 0 Å². The Balaban J connectivity index is 2.35. The average molecular weight is 193 g/mol. The third kappa shape index (κ3) is 1.65. The van der Waals surface area contributed by atoms with E-state index in [9.17, 15) is 0 Å². The van der Waals surface area contributed by atoms with Gasteiger partial charge < -0.3 is 4.57 Å². The predicted octanol–water partition coefficient (Wildman–Crippen LogP) is 1.41. The summed E-state index contributed by atoms with van der Waals surface area (Å²) in [6, 6.07) is 0. The van der Waals surface area contributed by atoms with Crippen molar-refractivity contribution in [1.29, 1.82) is 0 Å². The minimum absolute atomic E-state index is 0.769. The maximum Gasteiger partial charge on any atom is 0.163 e. The minimum Gasteiger partial charge on any atom is -0.315 e. The molecule has 2 aromatic heterocycles. The lowest BCUT2D eigenvalue weighted by Gasteiger charge is -1.99. The molecule has 0 aliphatic carbocycles. The molecule has 2 heterocycles. The van der Waals surface area contributed by atoms with Gasteiger partial charge in [-0.25, -0.2) is 15.0 Å². The van der Waals surface area contributed by atoms with Gasteiger partial charge in [0.2, 0.25) is 0 Å². The Morgan fingerprint density at radius 3 is 3.15 bits per heavy atom. The van der Waals surface area contributed by atoms with Crippen LogP contribution in [0.4, 0.5) is 0 Å². The Morgan fingerprint density at radius 2 is 2.31 bits per heavy atom. The molecule has 0 saturated heterocycles. The van der Waals surface area contributed by atoms with Crippen LogP contribution in [0.1, 0.15) is 6.42 Å². The van der Waals surface area contributed by atoms with Crippen LogP contribution in [0.25, 0.3) is 11.2 Å².